The number of aromatic nitrogens is 4. The Kier molecular flexibility index (Phi) is 2.76. The Morgan fingerprint density at radius 3 is 2.75 bits per heavy atom. The number of hydrogen-bond donors (Lipinski definition) is 2. The van der Waals surface area contributed by atoms with Crippen molar-refractivity contribution in [2.24, 2.45) is 0 Å². The van der Waals surface area contributed by atoms with Crippen molar-refractivity contribution < 1.29 is 0 Å². The van der Waals surface area contributed by atoms with E-state index in [0.717, 1.165) is 5.69 Å². The molecule has 0 atom stereocenters. The Hall–Kier alpha value is -2.34. The summed E-state index contributed by atoms with van der Waals surface area (Å²) < 4.78 is 1.52. The average molecular weight is 290 g/mol. The van der Waals surface area contributed by atoms with Gasteiger partial charge >= 0.3 is 0 Å². The monoisotopic (exact) mass is 289 g/mol. The second-order valence-electron chi connectivity index (χ2n) is 4.56. The van der Waals surface area contributed by atoms with Gasteiger partial charge in [0, 0.05) is 5.69 Å². The van der Waals surface area contributed by atoms with Gasteiger partial charge in [-0.3, -0.25) is 9.78 Å². The molecule has 102 valence electrons. The van der Waals surface area contributed by atoms with Gasteiger partial charge in [-0.15, -0.1) is 0 Å². The fourth-order valence-corrected chi connectivity index (χ4v) is 2.19. The number of H-pyrrole nitrogens is 1. The molecule has 0 unspecified atom stereocenters. The van der Waals surface area contributed by atoms with Crippen LogP contribution in [0.5, 0.6) is 0 Å². The summed E-state index contributed by atoms with van der Waals surface area (Å²) in [4.78, 5) is 19.2. The lowest BCUT2D eigenvalue weighted by molar-refractivity contribution is 0.775. The van der Waals surface area contributed by atoms with E-state index < -0.39 is 0 Å². The Balaban J connectivity index is 2.30. The van der Waals surface area contributed by atoms with Gasteiger partial charge in [0.05, 0.1) is 27.3 Å². The number of aromatic amines is 1. The smallest absolute Gasteiger partial charge is 0.260 e. The molecule has 0 spiro atoms. The second-order valence-corrected chi connectivity index (χ2v) is 4.94. The molecule has 0 amide bonds. The van der Waals surface area contributed by atoms with Crippen LogP contribution < -0.4 is 11.3 Å². The Morgan fingerprint density at radius 2 is 2.10 bits per heavy atom. The van der Waals surface area contributed by atoms with Gasteiger partial charge in [-0.2, -0.15) is 5.10 Å². The highest BCUT2D eigenvalue weighted by Gasteiger charge is 2.13. The summed E-state index contributed by atoms with van der Waals surface area (Å²) in [5.41, 5.74) is 7.90. The summed E-state index contributed by atoms with van der Waals surface area (Å²) in [6.07, 6.45) is 0. The minimum Gasteiger partial charge on any atom is -0.399 e. The van der Waals surface area contributed by atoms with Gasteiger partial charge in [-0.05, 0) is 32.0 Å². The molecule has 20 heavy (non-hydrogen) atoms. The molecule has 7 heteroatoms. The molecule has 0 fully saturated rings. The Morgan fingerprint density at radius 1 is 1.35 bits per heavy atom. The molecule has 0 bridgehead atoms. The minimum atomic E-state index is -0.263. The van der Waals surface area contributed by atoms with Crippen LogP contribution >= 0.6 is 11.6 Å². The standard InChI is InChI=1S/C13H12ClN5O/c1-6-11(14)7(2)19(18-6)13-16-10-4-3-8(15)5-9(10)12(20)17-13/h3-5H,15H2,1-2H3,(H,16,17,20). The average Bonchev–Trinajstić information content (AvgIpc) is 2.67. The molecule has 0 saturated carbocycles. The van der Waals surface area contributed by atoms with Gasteiger partial charge in [-0.1, -0.05) is 11.6 Å². The first-order valence-electron chi connectivity index (χ1n) is 5.99. The van der Waals surface area contributed by atoms with Crippen molar-refractivity contribution in [1.29, 1.82) is 0 Å². The molecule has 6 nitrogen and oxygen atoms in total. The van der Waals surface area contributed by atoms with Crippen LogP contribution in [0.3, 0.4) is 0 Å². The predicted molar refractivity (Wildman–Crippen MR) is 78.4 cm³/mol. The van der Waals surface area contributed by atoms with Gasteiger partial charge in [0.15, 0.2) is 0 Å². The molecule has 0 saturated heterocycles. The lowest BCUT2D eigenvalue weighted by Gasteiger charge is -2.05. The number of rotatable bonds is 1. The number of fused-ring (bicyclic) bond motifs is 1. The van der Waals surface area contributed by atoms with Gasteiger partial charge in [-0.25, -0.2) is 9.67 Å². The van der Waals surface area contributed by atoms with Crippen LogP contribution in [0.4, 0.5) is 5.69 Å². The molecule has 0 aliphatic carbocycles. The number of nitrogens with one attached hydrogen (secondary N) is 1. The predicted octanol–water partition coefficient (Wildman–Crippen LogP) is 1.96. The van der Waals surface area contributed by atoms with Crippen molar-refractivity contribution in [3.8, 4) is 5.95 Å². The molecule has 3 rings (SSSR count). The molecule has 0 aliphatic heterocycles. The zero-order valence-electron chi connectivity index (χ0n) is 10.9. The maximum atomic E-state index is 12.1. The van der Waals surface area contributed by atoms with Crippen LogP contribution in [0, 0.1) is 13.8 Å². The maximum Gasteiger partial charge on any atom is 0.260 e. The molecule has 1 aromatic carbocycles. The minimum absolute atomic E-state index is 0.263. The highest BCUT2D eigenvalue weighted by atomic mass is 35.5. The lowest BCUT2D eigenvalue weighted by atomic mass is 10.2. The van der Waals surface area contributed by atoms with E-state index in [1.807, 2.05) is 6.92 Å². The van der Waals surface area contributed by atoms with Crippen molar-refractivity contribution in [3.05, 3.63) is 45.0 Å². The number of halogens is 1. The Labute approximate surface area is 119 Å². The van der Waals surface area contributed by atoms with Crippen LogP contribution in [0.1, 0.15) is 11.4 Å². The summed E-state index contributed by atoms with van der Waals surface area (Å²) in [7, 11) is 0. The summed E-state index contributed by atoms with van der Waals surface area (Å²) in [5, 5.41) is 5.28. The molecule has 3 N–H and O–H groups in total. The van der Waals surface area contributed by atoms with Crippen LogP contribution in [-0.4, -0.2) is 19.7 Å². The third-order valence-corrected chi connectivity index (χ3v) is 3.67. The number of nitrogens with zero attached hydrogens (tertiary/aromatic N) is 3. The van der Waals surface area contributed by atoms with Gasteiger partial charge in [0.2, 0.25) is 5.95 Å². The molecule has 2 heterocycles. The van der Waals surface area contributed by atoms with E-state index in [-0.39, 0.29) is 5.56 Å². The van der Waals surface area contributed by atoms with Crippen LogP contribution in [0.25, 0.3) is 16.9 Å². The fraction of sp³-hybridized carbons (Fsp3) is 0.154. The van der Waals surface area contributed by atoms with Gasteiger partial charge < -0.3 is 5.73 Å². The number of anilines is 1. The number of benzene rings is 1. The number of nitrogen functional groups attached to an aromatic ring is 1. The number of hydrogen-bond acceptors (Lipinski definition) is 4. The zero-order valence-corrected chi connectivity index (χ0v) is 11.7. The first-order chi connectivity index (χ1) is 9.47. The van der Waals surface area contributed by atoms with Crippen molar-refractivity contribution >= 4 is 28.2 Å². The van der Waals surface area contributed by atoms with E-state index in [1.54, 1.807) is 25.1 Å². The van der Waals surface area contributed by atoms with E-state index >= 15 is 0 Å². The van der Waals surface area contributed by atoms with Gasteiger partial charge in [0.25, 0.3) is 5.56 Å². The highest BCUT2D eigenvalue weighted by Crippen LogP contribution is 2.21. The van der Waals surface area contributed by atoms with E-state index in [1.165, 1.54) is 4.68 Å². The molecular formula is C13H12ClN5O. The Bertz CT molecular complexity index is 880. The van der Waals surface area contributed by atoms with E-state index in [0.29, 0.717) is 33.3 Å². The van der Waals surface area contributed by atoms with Crippen molar-refractivity contribution in [2.45, 2.75) is 13.8 Å². The van der Waals surface area contributed by atoms with Crippen molar-refractivity contribution in [2.75, 3.05) is 5.73 Å². The molecule has 3 aromatic rings. The quantitative estimate of drug-likeness (QED) is 0.670. The first kappa shape index (κ1) is 12.7. The summed E-state index contributed by atoms with van der Waals surface area (Å²) in [6.45, 7) is 3.61. The first-order valence-corrected chi connectivity index (χ1v) is 6.37. The fourth-order valence-electron chi connectivity index (χ4n) is 2.07. The lowest BCUT2D eigenvalue weighted by Crippen LogP contribution is -2.15. The van der Waals surface area contributed by atoms with E-state index in [9.17, 15) is 4.79 Å². The van der Waals surface area contributed by atoms with E-state index in [4.69, 9.17) is 17.3 Å². The SMILES string of the molecule is Cc1nn(-c2nc3ccc(N)cc3c(=O)[nH]2)c(C)c1Cl. The topological polar surface area (TPSA) is 89.6 Å². The normalized spacial score (nSPS) is 11.2. The number of aryl methyl sites for hydroxylation is 1. The largest absolute Gasteiger partial charge is 0.399 e. The summed E-state index contributed by atoms with van der Waals surface area (Å²) >= 11 is 6.11. The van der Waals surface area contributed by atoms with Crippen LogP contribution in [0.15, 0.2) is 23.0 Å². The highest BCUT2D eigenvalue weighted by molar-refractivity contribution is 6.31. The van der Waals surface area contributed by atoms with Gasteiger partial charge in [0.1, 0.15) is 0 Å². The summed E-state index contributed by atoms with van der Waals surface area (Å²) in [5.74, 6) is 0.333. The van der Waals surface area contributed by atoms with E-state index in [2.05, 4.69) is 15.1 Å². The van der Waals surface area contributed by atoms with Crippen molar-refractivity contribution in [3.63, 3.8) is 0 Å². The second kappa shape index (κ2) is 4.35. The number of nitrogens with two attached hydrogens (primary N) is 1. The third kappa shape index (κ3) is 1.85. The van der Waals surface area contributed by atoms with Crippen LogP contribution in [0.2, 0.25) is 5.02 Å². The maximum absolute atomic E-state index is 12.1. The third-order valence-electron chi connectivity index (χ3n) is 3.12. The zero-order chi connectivity index (χ0) is 14.4. The molecule has 0 radical (unpaired) electrons. The molecule has 0 aliphatic rings. The van der Waals surface area contributed by atoms with Crippen molar-refractivity contribution in [1.82, 2.24) is 19.7 Å². The molecule has 2 aromatic heterocycles. The van der Waals surface area contributed by atoms with Crippen LogP contribution in [-0.2, 0) is 0 Å². The summed E-state index contributed by atoms with van der Waals surface area (Å²) in [6, 6.07) is 5.00. The molecular weight excluding hydrogens is 278 g/mol.